The van der Waals surface area contributed by atoms with Gasteiger partial charge in [-0.1, -0.05) is 13.3 Å². The highest BCUT2D eigenvalue weighted by Gasteiger charge is 2.54. The highest BCUT2D eigenvalue weighted by molar-refractivity contribution is 4.95. The lowest BCUT2D eigenvalue weighted by Crippen LogP contribution is -2.56. The standard InChI is InChI=1S/C13H24O5/c1-5-6-7-15-9-8(2)16-12(14)11-10(9)17-13(3,4)18-11/h8-12,14H,5-7H2,1-4H3/t8?,9-,10-,11?,12+/m0/s1. The van der Waals surface area contributed by atoms with Crippen molar-refractivity contribution in [2.75, 3.05) is 6.61 Å². The van der Waals surface area contributed by atoms with Crippen molar-refractivity contribution in [3.63, 3.8) is 0 Å². The molecule has 0 aromatic heterocycles. The molecule has 5 atom stereocenters. The molecule has 1 N–H and O–H groups in total. The van der Waals surface area contributed by atoms with Crippen LogP contribution in [0.2, 0.25) is 0 Å². The van der Waals surface area contributed by atoms with Gasteiger partial charge in [0.15, 0.2) is 12.1 Å². The van der Waals surface area contributed by atoms with Gasteiger partial charge in [-0.25, -0.2) is 0 Å². The van der Waals surface area contributed by atoms with Gasteiger partial charge in [0.2, 0.25) is 0 Å². The second-order valence-electron chi connectivity index (χ2n) is 5.49. The van der Waals surface area contributed by atoms with Crippen LogP contribution in [0.15, 0.2) is 0 Å². The Balaban J connectivity index is 2.04. The minimum atomic E-state index is -0.946. The molecule has 2 unspecified atom stereocenters. The van der Waals surface area contributed by atoms with E-state index in [1.807, 2.05) is 20.8 Å². The average Bonchev–Trinajstić information content (AvgIpc) is 2.59. The molecule has 0 amide bonds. The largest absolute Gasteiger partial charge is 0.373 e. The topological polar surface area (TPSA) is 57.2 Å². The van der Waals surface area contributed by atoms with Crippen molar-refractivity contribution in [3.8, 4) is 0 Å². The molecule has 0 radical (unpaired) electrons. The van der Waals surface area contributed by atoms with Gasteiger partial charge in [-0.3, -0.25) is 0 Å². The van der Waals surface area contributed by atoms with E-state index >= 15 is 0 Å². The van der Waals surface area contributed by atoms with E-state index in [1.165, 1.54) is 0 Å². The molecule has 0 spiro atoms. The van der Waals surface area contributed by atoms with Crippen LogP contribution in [0.1, 0.15) is 40.5 Å². The highest BCUT2D eigenvalue weighted by Crippen LogP contribution is 2.37. The van der Waals surface area contributed by atoms with Gasteiger partial charge in [-0.05, 0) is 27.2 Å². The lowest BCUT2D eigenvalue weighted by Gasteiger charge is -2.38. The third-order valence-corrected chi connectivity index (χ3v) is 3.39. The maximum absolute atomic E-state index is 9.89. The second-order valence-corrected chi connectivity index (χ2v) is 5.49. The summed E-state index contributed by atoms with van der Waals surface area (Å²) in [5, 5.41) is 9.89. The lowest BCUT2D eigenvalue weighted by atomic mass is 10.00. The molecule has 2 saturated heterocycles. The van der Waals surface area contributed by atoms with E-state index in [2.05, 4.69) is 6.92 Å². The Hall–Kier alpha value is -0.200. The smallest absolute Gasteiger partial charge is 0.184 e. The van der Waals surface area contributed by atoms with Gasteiger partial charge in [-0.15, -0.1) is 0 Å². The zero-order valence-electron chi connectivity index (χ0n) is 11.6. The van der Waals surface area contributed by atoms with Crippen molar-refractivity contribution in [2.24, 2.45) is 0 Å². The van der Waals surface area contributed by atoms with Gasteiger partial charge in [-0.2, -0.15) is 0 Å². The first-order valence-electron chi connectivity index (χ1n) is 6.75. The summed E-state index contributed by atoms with van der Waals surface area (Å²) in [4.78, 5) is 0. The van der Waals surface area contributed by atoms with E-state index in [0.29, 0.717) is 6.61 Å². The highest BCUT2D eigenvalue weighted by atomic mass is 16.8. The van der Waals surface area contributed by atoms with Gasteiger partial charge >= 0.3 is 0 Å². The Morgan fingerprint density at radius 3 is 2.56 bits per heavy atom. The number of hydrogen-bond donors (Lipinski definition) is 1. The summed E-state index contributed by atoms with van der Waals surface area (Å²) in [5.74, 6) is -0.698. The zero-order valence-corrected chi connectivity index (χ0v) is 11.6. The number of hydrogen-bond acceptors (Lipinski definition) is 5. The summed E-state index contributed by atoms with van der Waals surface area (Å²) in [6.07, 6.45) is 0.0214. The number of aliphatic hydroxyl groups is 1. The van der Waals surface area contributed by atoms with Gasteiger partial charge in [0.1, 0.15) is 18.3 Å². The Morgan fingerprint density at radius 2 is 1.89 bits per heavy atom. The molecule has 2 fully saturated rings. The summed E-state index contributed by atoms with van der Waals surface area (Å²) in [6, 6.07) is 0. The van der Waals surface area contributed by atoms with Gasteiger partial charge in [0, 0.05) is 6.61 Å². The first-order chi connectivity index (χ1) is 8.44. The molecule has 2 aliphatic heterocycles. The Morgan fingerprint density at radius 1 is 1.22 bits per heavy atom. The number of fused-ring (bicyclic) bond motifs is 1. The third-order valence-electron chi connectivity index (χ3n) is 3.39. The predicted octanol–water partition coefficient (Wildman–Crippen LogP) is 1.43. The van der Waals surface area contributed by atoms with Crippen LogP contribution in [-0.4, -0.2) is 48.2 Å². The average molecular weight is 260 g/mol. The van der Waals surface area contributed by atoms with Crippen LogP contribution in [0.4, 0.5) is 0 Å². The van der Waals surface area contributed by atoms with Crippen molar-refractivity contribution in [1.82, 2.24) is 0 Å². The van der Waals surface area contributed by atoms with Crippen LogP contribution in [0.5, 0.6) is 0 Å². The van der Waals surface area contributed by atoms with Crippen molar-refractivity contribution in [1.29, 1.82) is 0 Å². The molecule has 0 aromatic rings. The quantitative estimate of drug-likeness (QED) is 0.775. The van der Waals surface area contributed by atoms with Crippen molar-refractivity contribution >= 4 is 0 Å². The molecule has 106 valence electrons. The maximum atomic E-state index is 9.89. The van der Waals surface area contributed by atoms with Gasteiger partial charge < -0.3 is 24.1 Å². The first kappa shape index (κ1) is 14.2. The molecule has 0 aromatic carbocycles. The van der Waals surface area contributed by atoms with Crippen LogP contribution in [0.25, 0.3) is 0 Å². The van der Waals surface area contributed by atoms with Crippen LogP contribution in [0.3, 0.4) is 0 Å². The Labute approximate surface area is 108 Å². The summed E-state index contributed by atoms with van der Waals surface area (Å²) in [7, 11) is 0. The molecule has 18 heavy (non-hydrogen) atoms. The van der Waals surface area contributed by atoms with Gasteiger partial charge in [0.05, 0.1) is 6.10 Å². The van der Waals surface area contributed by atoms with Crippen molar-refractivity contribution in [2.45, 2.75) is 77.0 Å². The Kier molecular flexibility index (Phi) is 4.29. The Bertz CT molecular complexity index is 281. The number of ether oxygens (including phenoxy) is 4. The summed E-state index contributed by atoms with van der Waals surface area (Å²) < 4.78 is 22.8. The molecule has 0 aliphatic carbocycles. The van der Waals surface area contributed by atoms with E-state index < -0.39 is 18.2 Å². The maximum Gasteiger partial charge on any atom is 0.184 e. The summed E-state index contributed by atoms with van der Waals surface area (Å²) in [5.41, 5.74) is 0. The van der Waals surface area contributed by atoms with E-state index in [1.54, 1.807) is 0 Å². The van der Waals surface area contributed by atoms with Gasteiger partial charge in [0.25, 0.3) is 0 Å². The zero-order chi connectivity index (χ0) is 13.3. The van der Waals surface area contributed by atoms with E-state index in [0.717, 1.165) is 12.8 Å². The van der Waals surface area contributed by atoms with Crippen LogP contribution in [-0.2, 0) is 18.9 Å². The molecule has 2 heterocycles. The minimum Gasteiger partial charge on any atom is -0.373 e. The molecular weight excluding hydrogens is 236 g/mol. The van der Waals surface area contributed by atoms with Crippen molar-refractivity contribution < 1.29 is 24.1 Å². The van der Waals surface area contributed by atoms with Crippen LogP contribution < -0.4 is 0 Å². The van der Waals surface area contributed by atoms with E-state index in [-0.39, 0.29) is 18.3 Å². The molecule has 5 heteroatoms. The van der Waals surface area contributed by atoms with Crippen molar-refractivity contribution in [3.05, 3.63) is 0 Å². The number of rotatable bonds is 4. The number of aliphatic hydroxyl groups excluding tert-OH is 1. The minimum absolute atomic E-state index is 0.188. The lowest BCUT2D eigenvalue weighted by molar-refractivity contribution is -0.260. The molecule has 2 aliphatic rings. The molecular formula is C13H24O5. The SMILES string of the molecule is CCCCO[C@H]1C(C)O[C@@H](O)C2OC(C)(C)O[C@H]21. The van der Waals surface area contributed by atoms with Crippen LogP contribution in [0, 0.1) is 0 Å². The monoisotopic (exact) mass is 260 g/mol. The molecule has 5 nitrogen and oxygen atoms in total. The fourth-order valence-corrected chi connectivity index (χ4v) is 2.53. The second kappa shape index (κ2) is 5.43. The van der Waals surface area contributed by atoms with E-state index in [9.17, 15) is 5.11 Å². The third kappa shape index (κ3) is 2.86. The fraction of sp³-hybridized carbons (Fsp3) is 1.00. The first-order valence-corrected chi connectivity index (χ1v) is 6.75. The molecule has 0 saturated carbocycles. The molecule has 2 rings (SSSR count). The van der Waals surface area contributed by atoms with Crippen LogP contribution >= 0.6 is 0 Å². The molecule has 0 bridgehead atoms. The normalized spacial score (nSPS) is 42.8. The summed E-state index contributed by atoms with van der Waals surface area (Å²) in [6.45, 7) is 8.37. The summed E-state index contributed by atoms with van der Waals surface area (Å²) >= 11 is 0. The van der Waals surface area contributed by atoms with E-state index in [4.69, 9.17) is 18.9 Å². The predicted molar refractivity (Wildman–Crippen MR) is 65.0 cm³/mol. The fourth-order valence-electron chi connectivity index (χ4n) is 2.53. The number of unbranched alkanes of at least 4 members (excludes halogenated alkanes) is 1.